The van der Waals surface area contributed by atoms with E-state index in [2.05, 4.69) is 43.0 Å². The van der Waals surface area contributed by atoms with Gasteiger partial charge in [-0.3, -0.25) is 0 Å². The van der Waals surface area contributed by atoms with Gasteiger partial charge in [0, 0.05) is 13.1 Å². The summed E-state index contributed by atoms with van der Waals surface area (Å²) in [6.45, 7) is 6.34. The zero-order valence-electron chi connectivity index (χ0n) is 11.6. The Kier molecular flexibility index (Phi) is 2.94. The largest absolute Gasteiger partial charge is 0.397 e. The van der Waals surface area contributed by atoms with Gasteiger partial charge in [0.1, 0.15) is 0 Å². The van der Waals surface area contributed by atoms with E-state index in [1.165, 1.54) is 27.9 Å². The Morgan fingerprint density at radius 1 is 1.11 bits per heavy atom. The van der Waals surface area contributed by atoms with Crippen LogP contribution in [-0.2, 0) is 13.0 Å². The van der Waals surface area contributed by atoms with Crippen LogP contribution in [0, 0.1) is 13.8 Å². The number of hydrogen-bond acceptors (Lipinski definition) is 2. The van der Waals surface area contributed by atoms with Crippen molar-refractivity contribution in [1.29, 1.82) is 0 Å². The number of rotatable bonds is 2. The highest BCUT2D eigenvalue weighted by atomic mass is 15.2. The summed E-state index contributed by atoms with van der Waals surface area (Å²) in [5, 5.41) is 0. The molecule has 0 saturated heterocycles. The van der Waals surface area contributed by atoms with Crippen molar-refractivity contribution < 1.29 is 0 Å². The van der Waals surface area contributed by atoms with E-state index < -0.39 is 0 Å². The van der Waals surface area contributed by atoms with Crippen molar-refractivity contribution in [3.63, 3.8) is 0 Å². The zero-order valence-corrected chi connectivity index (χ0v) is 11.6. The van der Waals surface area contributed by atoms with E-state index in [0.717, 1.165) is 25.2 Å². The van der Waals surface area contributed by atoms with Crippen LogP contribution >= 0.6 is 0 Å². The minimum absolute atomic E-state index is 0.902. The highest BCUT2D eigenvalue weighted by molar-refractivity contribution is 5.74. The van der Waals surface area contributed by atoms with Crippen LogP contribution in [-0.4, -0.2) is 6.54 Å². The standard InChI is InChI=1S/C17H20N2/c1-12-6-7-14(10-13(12)2)11-19-9-8-15-4-3-5-16(18)17(15)19/h3-7,10H,8-9,11,18H2,1-2H3. The molecule has 0 amide bonds. The number of nitrogens with two attached hydrogens (primary N) is 1. The van der Waals surface area contributed by atoms with Gasteiger partial charge in [-0.15, -0.1) is 0 Å². The van der Waals surface area contributed by atoms with Crippen molar-refractivity contribution in [3.05, 3.63) is 58.7 Å². The minimum Gasteiger partial charge on any atom is -0.397 e. The predicted octanol–water partition coefficient (Wildman–Crippen LogP) is 3.45. The maximum Gasteiger partial charge on any atom is 0.0636 e. The quantitative estimate of drug-likeness (QED) is 0.829. The molecule has 98 valence electrons. The van der Waals surface area contributed by atoms with Crippen LogP contribution in [0.15, 0.2) is 36.4 Å². The summed E-state index contributed by atoms with van der Waals surface area (Å²) >= 11 is 0. The third-order valence-electron chi connectivity index (χ3n) is 4.06. The number of nitrogen functional groups attached to an aromatic ring is 1. The molecule has 2 nitrogen and oxygen atoms in total. The van der Waals surface area contributed by atoms with Gasteiger partial charge in [0.15, 0.2) is 0 Å². The fraction of sp³-hybridized carbons (Fsp3) is 0.294. The molecule has 3 rings (SSSR count). The van der Waals surface area contributed by atoms with Gasteiger partial charge in [0.2, 0.25) is 0 Å². The molecule has 1 heterocycles. The number of hydrogen-bond donors (Lipinski definition) is 1. The molecule has 0 aromatic heterocycles. The zero-order chi connectivity index (χ0) is 13.4. The molecule has 0 saturated carbocycles. The summed E-state index contributed by atoms with van der Waals surface area (Å²) in [5.74, 6) is 0. The van der Waals surface area contributed by atoms with Crippen molar-refractivity contribution >= 4 is 11.4 Å². The van der Waals surface area contributed by atoms with Crippen molar-refractivity contribution in [2.24, 2.45) is 0 Å². The lowest BCUT2D eigenvalue weighted by atomic mass is 10.1. The van der Waals surface area contributed by atoms with Gasteiger partial charge >= 0.3 is 0 Å². The molecule has 2 heteroatoms. The summed E-state index contributed by atoms with van der Waals surface area (Å²) in [7, 11) is 0. The van der Waals surface area contributed by atoms with Gasteiger partial charge in [0.05, 0.1) is 11.4 Å². The van der Waals surface area contributed by atoms with Gasteiger partial charge in [0.25, 0.3) is 0 Å². The topological polar surface area (TPSA) is 29.3 Å². The molecule has 0 spiro atoms. The summed E-state index contributed by atoms with van der Waals surface area (Å²) < 4.78 is 0. The molecule has 19 heavy (non-hydrogen) atoms. The van der Waals surface area contributed by atoms with E-state index in [4.69, 9.17) is 5.73 Å². The Morgan fingerprint density at radius 2 is 1.95 bits per heavy atom. The Balaban J connectivity index is 1.88. The second-order valence-corrected chi connectivity index (χ2v) is 5.45. The van der Waals surface area contributed by atoms with E-state index >= 15 is 0 Å². The van der Waals surface area contributed by atoms with Crippen LogP contribution < -0.4 is 10.6 Å². The first-order valence-electron chi connectivity index (χ1n) is 6.83. The van der Waals surface area contributed by atoms with E-state index in [-0.39, 0.29) is 0 Å². The van der Waals surface area contributed by atoms with Gasteiger partial charge in [-0.2, -0.15) is 0 Å². The number of nitrogens with zero attached hydrogens (tertiary/aromatic N) is 1. The van der Waals surface area contributed by atoms with Crippen LogP contribution in [0.5, 0.6) is 0 Å². The lowest BCUT2D eigenvalue weighted by molar-refractivity contribution is 0.835. The third kappa shape index (κ3) is 2.19. The fourth-order valence-electron chi connectivity index (χ4n) is 2.85. The average Bonchev–Trinajstić information content (AvgIpc) is 2.79. The fourth-order valence-corrected chi connectivity index (χ4v) is 2.85. The van der Waals surface area contributed by atoms with E-state index in [0.29, 0.717) is 0 Å². The maximum atomic E-state index is 6.13. The molecule has 2 aromatic carbocycles. The first-order valence-corrected chi connectivity index (χ1v) is 6.83. The van der Waals surface area contributed by atoms with Crippen molar-refractivity contribution in [3.8, 4) is 0 Å². The molecule has 2 N–H and O–H groups in total. The van der Waals surface area contributed by atoms with Gasteiger partial charge in [-0.05, 0) is 48.6 Å². The third-order valence-corrected chi connectivity index (χ3v) is 4.06. The Labute approximate surface area is 114 Å². The lowest BCUT2D eigenvalue weighted by Gasteiger charge is -2.21. The van der Waals surface area contributed by atoms with E-state index in [1.54, 1.807) is 0 Å². The Hall–Kier alpha value is -1.96. The molecule has 0 bridgehead atoms. The molecular weight excluding hydrogens is 232 g/mol. The number of aryl methyl sites for hydroxylation is 2. The molecule has 0 radical (unpaired) electrons. The highest BCUT2D eigenvalue weighted by Crippen LogP contribution is 2.34. The monoisotopic (exact) mass is 252 g/mol. The van der Waals surface area contributed by atoms with E-state index in [1.807, 2.05) is 12.1 Å². The van der Waals surface area contributed by atoms with Crippen molar-refractivity contribution in [2.75, 3.05) is 17.2 Å². The van der Waals surface area contributed by atoms with Crippen LogP contribution in [0.4, 0.5) is 11.4 Å². The summed E-state index contributed by atoms with van der Waals surface area (Å²) in [5.41, 5.74) is 13.7. The first-order chi connectivity index (χ1) is 9.15. The molecule has 0 aliphatic carbocycles. The van der Waals surface area contributed by atoms with Gasteiger partial charge < -0.3 is 10.6 Å². The smallest absolute Gasteiger partial charge is 0.0636 e. The lowest BCUT2D eigenvalue weighted by Crippen LogP contribution is -2.20. The van der Waals surface area contributed by atoms with Gasteiger partial charge in [-0.1, -0.05) is 30.3 Å². The van der Waals surface area contributed by atoms with Crippen LogP contribution in [0.2, 0.25) is 0 Å². The second-order valence-electron chi connectivity index (χ2n) is 5.45. The number of benzene rings is 2. The second kappa shape index (κ2) is 4.61. The number of fused-ring (bicyclic) bond motifs is 1. The van der Waals surface area contributed by atoms with Gasteiger partial charge in [-0.25, -0.2) is 0 Å². The number of para-hydroxylation sites is 1. The molecule has 1 aliphatic rings. The number of anilines is 2. The molecule has 1 aliphatic heterocycles. The van der Waals surface area contributed by atoms with Crippen LogP contribution in [0.3, 0.4) is 0 Å². The molecule has 0 fully saturated rings. The SMILES string of the molecule is Cc1ccc(CN2CCc3cccc(N)c32)cc1C. The summed E-state index contributed by atoms with van der Waals surface area (Å²) in [4.78, 5) is 2.40. The summed E-state index contributed by atoms with van der Waals surface area (Å²) in [6, 6.07) is 12.9. The minimum atomic E-state index is 0.902. The predicted molar refractivity (Wildman–Crippen MR) is 81.5 cm³/mol. The molecular formula is C17H20N2. The van der Waals surface area contributed by atoms with Crippen LogP contribution in [0.1, 0.15) is 22.3 Å². The average molecular weight is 252 g/mol. The van der Waals surface area contributed by atoms with Crippen LogP contribution in [0.25, 0.3) is 0 Å². The molecule has 0 unspecified atom stereocenters. The van der Waals surface area contributed by atoms with Crippen molar-refractivity contribution in [2.45, 2.75) is 26.8 Å². The van der Waals surface area contributed by atoms with Crippen molar-refractivity contribution in [1.82, 2.24) is 0 Å². The molecule has 2 aromatic rings. The molecule has 0 atom stereocenters. The summed E-state index contributed by atoms with van der Waals surface area (Å²) in [6.07, 6.45) is 1.10. The Bertz CT molecular complexity index is 617. The van der Waals surface area contributed by atoms with E-state index in [9.17, 15) is 0 Å². The maximum absolute atomic E-state index is 6.13. The first kappa shape index (κ1) is 12.1. The normalized spacial score (nSPS) is 13.7. The highest BCUT2D eigenvalue weighted by Gasteiger charge is 2.21. The Morgan fingerprint density at radius 3 is 2.74 bits per heavy atom.